The van der Waals surface area contributed by atoms with Gasteiger partial charge in [-0.25, -0.2) is 4.79 Å². The van der Waals surface area contributed by atoms with E-state index < -0.39 is 17.5 Å². The van der Waals surface area contributed by atoms with Crippen molar-refractivity contribution in [3.8, 4) is 0 Å². The predicted octanol–water partition coefficient (Wildman–Crippen LogP) is 2.53. The van der Waals surface area contributed by atoms with E-state index in [0.717, 1.165) is 16.3 Å². The second kappa shape index (κ2) is 6.33. The summed E-state index contributed by atoms with van der Waals surface area (Å²) in [7, 11) is 0. The number of Topliss-reactive ketones (excluding diaryl/α,β-unsaturated/α-hetero) is 1. The lowest BCUT2D eigenvalue weighted by Gasteiger charge is -2.18. The summed E-state index contributed by atoms with van der Waals surface area (Å²) in [4.78, 5) is 38.8. The van der Waals surface area contributed by atoms with Gasteiger partial charge in [0.2, 0.25) is 0 Å². The van der Waals surface area contributed by atoms with Crippen LogP contribution in [0.4, 0.5) is 4.79 Å². The van der Waals surface area contributed by atoms with E-state index in [4.69, 9.17) is 4.42 Å². The van der Waals surface area contributed by atoms with Gasteiger partial charge < -0.3 is 14.3 Å². The molecule has 1 aliphatic heterocycles. The summed E-state index contributed by atoms with van der Waals surface area (Å²) < 4.78 is 7.24. The van der Waals surface area contributed by atoms with Gasteiger partial charge in [0.1, 0.15) is 5.76 Å². The average Bonchev–Trinajstić information content (AvgIpc) is 3.27. The number of amides is 3. The number of carbonyl (C=O) groups excluding carboxylic acids is 3. The first kappa shape index (κ1) is 17.7. The summed E-state index contributed by atoms with van der Waals surface area (Å²) in [5.74, 6) is -0.471. The van der Waals surface area contributed by atoms with Gasteiger partial charge in [0, 0.05) is 23.5 Å². The molecule has 0 spiro atoms. The van der Waals surface area contributed by atoms with Gasteiger partial charge in [-0.2, -0.15) is 0 Å². The highest BCUT2D eigenvalue weighted by Gasteiger charge is 2.51. The van der Waals surface area contributed by atoms with E-state index in [0.29, 0.717) is 17.9 Å². The summed E-state index contributed by atoms with van der Waals surface area (Å²) >= 11 is 0. The first-order chi connectivity index (χ1) is 12.3. The van der Waals surface area contributed by atoms with Crippen LogP contribution in [0.15, 0.2) is 41.5 Å². The minimum atomic E-state index is -1.30. The van der Waals surface area contributed by atoms with Crippen LogP contribution in [-0.4, -0.2) is 33.7 Å². The monoisotopic (exact) mass is 355 g/mol. The van der Waals surface area contributed by atoms with E-state index in [1.54, 1.807) is 31.2 Å². The van der Waals surface area contributed by atoms with Gasteiger partial charge in [0.05, 0.1) is 12.8 Å². The number of imide groups is 1. The fraction of sp³-hybridized carbons (Fsp3) is 0.316. The molecule has 3 amide bonds. The molecule has 1 N–H and O–H groups in total. The Morgan fingerprint density at radius 3 is 2.73 bits per heavy atom. The van der Waals surface area contributed by atoms with Crippen LogP contribution >= 0.6 is 0 Å². The fourth-order valence-corrected chi connectivity index (χ4v) is 3.29. The van der Waals surface area contributed by atoms with Crippen molar-refractivity contribution in [2.24, 2.45) is 0 Å². The van der Waals surface area contributed by atoms with E-state index in [1.165, 1.54) is 6.26 Å². The zero-order chi connectivity index (χ0) is 19.1. The van der Waals surface area contributed by atoms with Crippen molar-refractivity contribution < 1.29 is 18.8 Å². The van der Waals surface area contributed by atoms with Crippen molar-refractivity contribution in [3.63, 3.8) is 0 Å². The maximum atomic E-state index is 12.8. The molecule has 2 aromatic heterocycles. The Labute approximate surface area is 151 Å². The number of carbonyl (C=O) groups is 3. The van der Waals surface area contributed by atoms with Gasteiger partial charge >= 0.3 is 6.03 Å². The quantitative estimate of drug-likeness (QED) is 0.490. The number of hydrogen-bond acceptors (Lipinski definition) is 4. The third-order valence-corrected chi connectivity index (χ3v) is 4.78. The van der Waals surface area contributed by atoms with E-state index in [2.05, 4.69) is 11.9 Å². The number of aromatic nitrogens is 1. The summed E-state index contributed by atoms with van der Waals surface area (Å²) in [6, 6.07) is 4.42. The Hall–Kier alpha value is -3.09. The Balaban J connectivity index is 1.84. The number of urea groups is 1. The van der Waals surface area contributed by atoms with Crippen LogP contribution < -0.4 is 5.32 Å². The van der Waals surface area contributed by atoms with Crippen molar-refractivity contribution >= 4 is 17.7 Å². The van der Waals surface area contributed by atoms with E-state index in [1.807, 2.05) is 18.4 Å². The first-order valence-electron chi connectivity index (χ1n) is 8.28. The van der Waals surface area contributed by atoms with Crippen molar-refractivity contribution in [1.82, 2.24) is 14.8 Å². The van der Waals surface area contributed by atoms with Gasteiger partial charge in [-0.15, -0.1) is 6.58 Å². The number of nitrogens with one attached hydrogen (secondary N) is 1. The van der Waals surface area contributed by atoms with Crippen LogP contribution in [0.2, 0.25) is 0 Å². The number of nitrogens with zero attached hydrogens (tertiary/aromatic N) is 2. The third-order valence-electron chi connectivity index (χ3n) is 4.78. The average molecular weight is 355 g/mol. The molecule has 136 valence electrons. The summed E-state index contributed by atoms with van der Waals surface area (Å²) in [5.41, 5.74) is 0.897. The minimum absolute atomic E-state index is 0.291. The highest BCUT2D eigenvalue weighted by atomic mass is 16.3. The molecule has 2 aromatic rings. The molecule has 1 saturated heterocycles. The van der Waals surface area contributed by atoms with Gasteiger partial charge in [-0.05, 0) is 39.0 Å². The van der Waals surface area contributed by atoms with E-state index in [9.17, 15) is 14.4 Å². The molecule has 1 atom stereocenters. The Morgan fingerprint density at radius 1 is 1.38 bits per heavy atom. The third kappa shape index (κ3) is 2.65. The van der Waals surface area contributed by atoms with Gasteiger partial charge in [-0.1, -0.05) is 6.08 Å². The Kier molecular flexibility index (Phi) is 4.31. The maximum absolute atomic E-state index is 12.8. The number of rotatable bonds is 6. The largest absolute Gasteiger partial charge is 0.466 e. The van der Waals surface area contributed by atoms with Crippen LogP contribution in [0.5, 0.6) is 0 Å². The van der Waals surface area contributed by atoms with Crippen LogP contribution in [0.1, 0.15) is 34.4 Å². The van der Waals surface area contributed by atoms with Gasteiger partial charge in [-0.3, -0.25) is 14.5 Å². The molecule has 0 radical (unpaired) electrons. The highest BCUT2D eigenvalue weighted by molar-refractivity contribution is 6.11. The van der Waals surface area contributed by atoms with E-state index >= 15 is 0 Å². The second-order valence-corrected chi connectivity index (χ2v) is 6.53. The number of furan rings is 1. The van der Waals surface area contributed by atoms with Crippen molar-refractivity contribution in [2.75, 3.05) is 6.54 Å². The maximum Gasteiger partial charge on any atom is 0.325 e. The zero-order valence-corrected chi connectivity index (χ0v) is 15.0. The molecular weight excluding hydrogens is 334 g/mol. The number of hydrogen-bond donors (Lipinski definition) is 1. The molecule has 3 rings (SSSR count). The molecule has 0 aliphatic carbocycles. The van der Waals surface area contributed by atoms with Crippen LogP contribution in [0.3, 0.4) is 0 Å². The zero-order valence-electron chi connectivity index (χ0n) is 15.0. The Morgan fingerprint density at radius 2 is 2.12 bits per heavy atom. The van der Waals surface area contributed by atoms with Crippen LogP contribution in [0.25, 0.3) is 0 Å². The SMILES string of the molecule is C=CCn1c(C)cc(C(=O)CN2C(=O)NC(C)(c3ccco3)C2=O)c1C. The molecule has 7 heteroatoms. The summed E-state index contributed by atoms with van der Waals surface area (Å²) in [6.45, 7) is 9.28. The molecule has 0 saturated carbocycles. The van der Waals surface area contributed by atoms with Crippen molar-refractivity contribution in [3.05, 3.63) is 59.8 Å². The molecule has 0 aromatic carbocycles. The smallest absolute Gasteiger partial charge is 0.325 e. The molecule has 0 bridgehead atoms. The molecule has 26 heavy (non-hydrogen) atoms. The van der Waals surface area contributed by atoms with Gasteiger partial charge in [0.15, 0.2) is 11.3 Å². The lowest BCUT2D eigenvalue weighted by Crippen LogP contribution is -2.41. The number of allylic oxidation sites excluding steroid dienone is 1. The minimum Gasteiger partial charge on any atom is -0.466 e. The number of ketones is 1. The first-order valence-corrected chi connectivity index (χ1v) is 8.28. The number of aryl methyl sites for hydroxylation is 1. The summed E-state index contributed by atoms with van der Waals surface area (Å²) in [5, 5.41) is 2.61. The second-order valence-electron chi connectivity index (χ2n) is 6.53. The van der Waals surface area contributed by atoms with Gasteiger partial charge in [0.25, 0.3) is 5.91 Å². The fourth-order valence-electron chi connectivity index (χ4n) is 3.29. The van der Waals surface area contributed by atoms with E-state index in [-0.39, 0.29) is 12.3 Å². The molecule has 1 unspecified atom stereocenters. The lowest BCUT2D eigenvalue weighted by atomic mass is 9.99. The topological polar surface area (TPSA) is 84.6 Å². The highest BCUT2D eigenvalue weighted by Crippen LogP contribution is 2.29. The van der Waals surface area contributed by atoms with Crippen LogP contribution in [-0.2, 0) is 16.9 Å². The molecular formula is C19H21N3O4. The predicted molar refractivity (Wildman–Crippen MR) is 94.7 cm³/mol. The molecule has 3 heterocycles. The lowest BCUT2D eigenvalue weighted by molar-refractivity contribution is -0.131. The van der Waals surface area contributed by atoms with Crippen molar-refractivity contribution in [2.45, 2.75) is 32.9 Å². The summed E-state index contributed by atoms with van der Waals surface area (Å²) in [6.07, 6.45) is 3.18. The normalized spacial score (nSPS) is 19.7. The van der Waals surface area contributed by atoms with Crippen molar-refractivity contribution in [1.29, 1.82) is 0 Å². The van der Waals surface area contributed by atoms with Crippen LogP contribution in [0, 0.1) is 13.8 Å². The Bertz CT molecular complexity index is 894. The molecule has 1 aliphatic rings. The molecule has 1 fully saturated rings. The molecule has 7 nitrogen and oxygen atoms in total. The standard InChI is InChI=1S/C19H21N3O4/c1-5-8-21-12(2)10-14(13(21)3)15(23)11-22-17(24)19(4,20-18(22)25)16-7-6-9-26-16/h5-7,9-10H,1,8,11H2,2-4H3,(H,20,25).